The fourth-order valence-electron chi connectivity index (χ4n) is 5.59. The Morgan fingerprint density at radius 2 is 1.71 bits per heavy atom. The molecule has 8 heteroatoms. The van der Waals surface area contributed by atoms with E-state index in [1.54, 1.807) is 12.3 Å². The summed E-state index contributed by atoms with van der Waals surface area (Å²) in [4.78, 5) is 33.0. The molecular weight excluding hydrogens is 524 g/mol. The minimum absolute atomic E-state index is 0.0654. The first-order valence-corrected chi connectivity index (χ1v) is 14.4. The molecule has 3 aromatic carbocycles. The summed E-state index contributed by atoms with van der Waals surface area (Å²) in [7, 11) is 2.11. The zero-order valence-corrected chi connectivity index (χ0v) is 23.9. The first kappa shape index (κ1) is 27.4. The Bertz CT molecular complexity index is 1810. The Hall–Kier alpha value is -4.82. The molecule has 212 valence electrons. The van der Waals surface area contributed by atoms with E-state index in [4.69, 9.17) is 0 Å². The normalized spacial score (nSPS) is 15.1. The van der Waals surface area contributed by atoms with Crippen LogP contribution in [-0.4, -0.2) is 51.8 Å². The highest BCUT2D eigenvalue weighted by Gasteiger charge is 2.21. The van der Waals surface area contributed by atoms with Crippen LogP contribution in [-0.2, 0) is 6.54 Å². The number of nitrogens with one attached hydrogen (secondary N) is 2. The topological polar surface area (TPSA) is 92.2 Å². The summed E-state index contributed by atoms with van der Waals surface area (Å²) in [6.45, 7) is 4.07. The molecule has 0 bridgehead atoms. The molecule has 1 amide bonds. The van der Waals surface area contributed by atoms with Crippen LogP contribution in [0.3, 0.4) is 0 Å². The summed E-state index contributed by atoms with van der Waals surface area (Å²) in [5, 5.41) is 12.0. The first-order valence-electron chi connectivity index (χ1n) is 14.4. The fourth-order valence-corrected chi connectivity index (χ4v) is 5.59. The quantitative estimate of drug-likeness (QED) is 0.253. The second-order valence-corrected chi connectivity index (χ2v) is 10.7. The van der Waals surface area contributed by atoms with Gasteiger partial charge in [-0.2, -0.15) is 5.10 Å². The minimum Gasteiger partial charge on any atom is -0.350 e. The van der Waals surface area contributed by atoms with E-state index in [0.717, 1.165) is 46.2 Å². The molecule has 0 radical (unpaired) electrons. The van der Waals surface area contributed by atoms with Crippen LogP contribution in [0.1, 0.15) is 30.1 Å². The number of aryl methyl sites for hydroxylation is 1. The number of nitrogens with zero attached hydrogens (tertiary/aromatic N) is 4. The molecule has 2 aromatic heterocycles. The maximum Gasteiger partial charge on any atom is 0.290 e. The van der Waals surface area contributed by atoms with E-state index in [-0.39, 0.29) is 11.5 Å². The van der Waals surface area contributed by atoms with Gasteiger partial charge in [0.1, 0.15) is 5.69 Å². The Balaban J connectivity index is 1.29. The van der Waals surface area contributed by atoms with Crippen LogP contribution in [0.25, 0.3) is 33.3 Å². The van der Waals surface area contributed by atoms with Gasteiger partial charge >= 0.3 is 0 Å². The highest BCUT2D eigenvalue weighted by molar-refractivity contribution is 5.96. The summed E-state index contributed by atoms with van der Waals surface area (Å²) in [6.07, 6.45) is 4.04. The van der Waals surface area contributed by atoms with Crippen LogP contribution < -0.4 is 16.2 Å². The molecule has 0 aliphatic carbocycles. The number of anilines is 2. The van der Waals surface area contributed by atoms with Gasteiger partial charge in [0.25, 0.3) is 11.5 Å². The molecule has 2 N–H and O–H groups in total. The summed E-state index contributed by atoms with van der Waals surface area (Å²) in [5.74, 6) is -0.0654. The number of benzene rings is 3. The molecular formula is C34H34N6O2. The second kappa shape index (κ2) is 12.0. The number of pyridine rings is 1. The molecule has 6 rings (SSSR count). The van der Waals surface area contributed by atoms with Crippen molar-refractivity contribution in [2.24, 2.45) is 0 Å². The molecule has 1 saturated heterocycles. The molecule has 1 aliphatic rings. The fraction of sp³-hybridized carbons (Fsp3) is 0.235. The van der Waals surface area contributed by atoms with Gasteiger partial charge in [-0.1, -0.05) is 36.4 Å². The number of amides is 1. The third-order valence-corrected chi connectivity index (χ3v) is 7.98. The van der Waals surface area contributed by atoms with Crippen molar-refractivity contribution in [1.82, 2.24) is 25.0 Å². The minimum atomic E-state index is -0.194. The molecule has 0 unspecified atom stereocenters. The van der Waals surface area contributed by atoms with Crippen LogP contribution in [0.2, 0.25) is 0 Å². The number of carbonyl (C=O) groups excluding carboxylic acids is 1. The van der Waals surface area contributed by atoms with Crippen LogP contribution >= 0.6 is 0 Å². The van der Waals surface area contributed by atoms with Gasteiger partial charge in [-0.15, -0.1) is 0 Å². The lowest BCUT2D eigenvalue weighted by Gasteiger charge is -2.19. The molecule has 42 heavy (non-hydrogen) atoms. The summed E-state index contributed by atoms with van der Waals surface area (Å²) >= 11 is 0. The van der Waals surface area contributed by atoms with Gasteiger partial charge in [0.2, 0.25) is 0 Å². The van der Waals surface area contributed by atoms with Gasteiger partial charge in [0.15, 0.2) is 0 Å². The zero-order valence-electron chi connectivity index (χ0n) is 23.9. The van der Waals surface area contributed by atoms with E-state index >= 15 is 0 Å². The third-order valence-electron chi connectivity index (χ3n) is 7.98. The van der Waals surface area contributed by atoms with Crippen LogP contribution in [0.5, 0.6) is 0 Å². The number of aromatic nitrogens is 3. The predicted molar refractivity (Wildman–Crippen MR) is 168 cm³/mol. The smallest absolute Gasteiger partial charge is 0.290 e. The molecule has 0 saturated carbocycles. The summed E-state index contributed by atoms with van der Waals surface area (Å²) in [6, 6.07) is 27.6. The van der Waals surface area contributed by atoms with Gasteiger partial charge in [0.05, 0.1) is 11.2 Å². The number of hydrogen-bond acceptors (Lipinski definition) is 6. The molecule has 0 spiro atoms. The van der Waals surface area contributed by atoms with Crippen molar-refractivity contribution >= 4 is 28.2 Å². The van der Waals surface area contributed by atoms with E-state index in [2.05, 4.69) is 32.7 Å². The van der Waals surface area contributed by atoms with Gasteiger partial charge in [0, 0.05) is 47.5 Å². The number of rotatable bonds is 8. The number of likely N-dealkylation sites (tertiary alicyclic amines) is 1. The van der Waals surface area contributed by atoms with Gasteiger partial charge in [-0.3, -0.25) is 14.6 Å². The summed E-state index contributed by atoms with van der Waals surface area (Å²) in [5.41, 5.74) is 5.98. The standard InChI is InChI=1S/C34H34N6O2/c1-3-40-34(42)32(37-30-16-6-15-29-28(30)14-7-17-35-29)21-31(38-40)25-11-4-9-23(19-25)24-10-5-12-26(20-24)33(41)36-22-27-13-8-18-39(27)2/h4-7,9-12,14-17,19-21,27,37H,3,8,13,18,22H2,1-2H3,(H,36,41)/t27-/m1/s1. The van der Waals surface area contributed by atoms with Crippen molar-refractivity contribution in [1.29, 1.82) is 0 Å². The first-order chi connectivity index (χ1) is 20.5. The van der Waals surface area contributed by atoms with Crippen LogP contribution in [0.4, 0.5) is 11.4 Å². The maximum atomic E-state index is 13.3. The molecule has 5 aromatic rings. The van der Waals surface area contributed by atoms with Crippen LogP contribution in [0.15, 0.2) is 95.9 Å². The number of likely N-dealkylation sites (N-methyl/N-ethyl adjacent to an activating group) is 1. The SMILES string of the molecule is CCn1nc(-c2cccc(-c3cccc(C(=O)NC[C@H]4CCCN4C)c3)c2)cc(Nc2cccc3ncccc23)c1=O. The van der Waals surface area contributed by atoms with E-state index in [9.17, 15) is 9.59 Å². The number of carbonyl (C=O) groups is 1. The van der Waals surface area contributed by atoms with Crippen LogP contribution in [0, 0.1) is 0 Å². The van der Waals surface area contributed by atoms with E-state index in [1.807, 2.05) is 85.8 Å². The lowest BCUT2D eigenvalue weighted by Crippen LogP contribution is -2.38. The average molecular weight is 559 g/mol. The van der Waals surface area contributed by atoms with Crippen molar-refractivity contribution in [3.8, 4) is 22.4 Å². The molecule has 1 atom stereocenters. The van der Waals surface area contributed by atoms with Gasteiger partial charge < -0.3 is 15.5 Å². The largest absolute Gasteiger partial charge is 0.350 e. The molecule has 8 nitrogen and oxygen atoms in total. The predicted octanol–water partition coefficient (Wildman–Crippen LogP) is 5.71. The lowest BCUT2D eigenvalue weighted by atomic mass is 9.99. The van der Waals surface area contributed by atoms with E-state index in [0.29, 0.717) is 36.1 Å². The third kappa shape index (κ3) is 5.66. The Kier molecular flexibility index (Phi) is 7.79. The second-order valence-electron chi connectivity index (χ2n) is 10.7. The molecule has 3 heterocycles. The Morgan fingerprint density at radius 3 is 2.52 bits per heavy atom. The maximum absolute atomic E-state index is 13.3. The Morgan fingerprint density at radius 1 is 0.929 bits per heavy atom. The van der Waals surface area contributed by atoms with Crippen molar-refractivity contribution in [3.63, 3.8) is 0 Å². The number of fused-ring (bicyclic) bond motifs is 1. The van der Waals surface area contributed by atoms with Crippen molar-refractivity contribution in [3.05, 3.63) is 107 Å². The van der Waals surface area contributed by atoms with Crippen molar-refractivity contribution in [2.45, 2.75) is 32.4 Å². The Labute approximate surface area is 245 Å². The zero-order chi connectivity index (χ0) is 29.1. The van der Waals surface area contributed by atoms with Gasteiger partial charge in [-0.25, -0.2) is 4.68 Å². The highest BCUT2D eigenvalue weighted by atomic mass is 16.1. The monoisotopic (exact) mass is 558 g/mol. The number of hydrogen-bond donors (Lipinski definition) is 2. The lowest BCUT2D eigenvalue weighted by molar-refractivity contribution is 0.0943. The van der Waals surface area contributed by atoms with Gasteiger partial charge in [-0.05, 0) is 93.0 Å². The molecule has 1 fully saturated rings. The highest BCUT2D eigenvalue weighted by Crippen LogP contribution is 2.29. The average Bonchev–Trinajstić information content (AvgIpc) is 3.45. The van der Waals surface area contributed by atoms with Crippen molar-refractivity contribution < 1.29 is 4.79 Å². The summed E-state index contributed by atoms with van der Waals surface area (Å²) < 4.78 is 1.47. The molecule has 1 aliphatic heterocycles. The van der Waals surface area contributed by atoms with E-state index < -0.39 is 0 Å². The van der Waals surface area contributed by atoms with E-state index in [1.165, 1.54) is 11.1 Å². The van der Waals surface area contributed by atoms with Crippen molar-refractivity contribution in [2.75, 3.05) is 25.5 Å².